The molecule has 0 atom stereocenters. The number of hydrogen-bond donors (Lipinski definition) is 2. The zero-order valence-electron chi connectivity index (χ0n) is 18.6. The van der Waals surface area contributed by atoms with E-state index in [1.165, 1.54) is 0 Å². The highest BCUT2D eigenvalue weighted by molar-refractivity contribution is 5.93. The summed E-state index contributed by atoms with van der Waals surface area (Å²) < 4.78 is 10.6. The average Bonchev–Trinajstić information content (AvgIpc) is 3.33. The Morgan fingerprint density at radius 2 is 1.70 bits per heavy atom. The predicted octanol–water partition coefficient (Wildman–Crippen LogP) is 4.12. The normalized spacial score (nSPS) is 10.6. The smallest absolute Gasteiger partial charge is 0.247 e. The molecule has 1 heterocycles. The number of ether oxygens (including phenoxy) is 1. The van der Waals surface area contributed by atoms with E-state index in [1.807, 2.05) is 42.5 Å². The lowest BCUT2D eigenvalue weighted by Crippen LogP contribution is -2.30. The fourth-order valence-corrected chi connectivity index (χ4v) is 3.35. The van der Waals surface area contributed by atoms with Crippen LogP contribution in [0.4, 0.5) is 5.69 Å². The summed E-state index contributed by atoms with van der Waals surface area (Å²) in [5.41, 5.74) is 3.17. The number of aromatic nitrogens is 2. The van der Waals surface area contributed by atoms with Crippen LogP contribution in [0.2, 0.25) is 0 Å². The molecular weight excluding hydrogens is 424 g/mol. The zero-order chi connectivity index (χ0) is 23.5. The van der Waals surface area contributed by atoms with Crippen molar-refractivity contribution in [1.82, 2.24) is 15.6 Å². The molecule has 2 aromatic carbocycles. The van der Waals surface area contributed by atoms with Gasteiger partial charge in [0.1, 0.15) is 12.3 Å². The Labute approximate surface area is 192 Å². The summed E-state index contributed by atoms with van der Waals surface area (Å²) in [5.74, 6) is 1.05. The number of hydrogen-bond acceptors (Lipinski definition) is 7. The first-order valence-corrected chi connectivity index (χ1v) is 10.9. The van der Waals surface area contributed by atoms with Crippen LogP contribution in [0.25, 0.3) is 11.4 Å². The number of unbranched alkanes of at least 4 members (excludes halogenated alkanes) is 3. The van der Waals surface area contributed by atoms with Crippen LogP contribution in [0.3, 0.4) is 0 Å². The van der Waals surface area contributed by atoms with Crippen LogP contribution in [0.5, 0.6) is 5.75 Å². The number of carbonyl (C=O) groups excluding carboxylic acids is 2. The van der Waals surface area contributed by atoms with Crippen LogP contribution in [0, 0.1) is 0 Å². The Bertz CT molecular complexity index is 1020. The van der Waals surface area contributed by atoms with Crippen molar-refractivity contribution in [3.8, 4) is 17.1 Å². The highest BCUT2D eigenvalue weighted by Gasteiger charge is 2.20. The number of amides is 2. The number of nitrogens with one attached hydrogen (secondary N) is 1. The summed E-state index contributed by atoms with van der Waals surface area (Å²) in [7, 11) is 1.59. The molecule has 0 aliphatic heterocycles. The van der Waals surface area contributed by atoms with Gasteiger partial charge >= 0.3 is 0 Å². The molecule has 3 aromatic rings. The number of nitrogens with zero attached hydrogens (tertiary/aromatic N) is 3. The van der Waals surface area contributed by atoms with Gasteiger partial charge in [-0.3, -0.25) is 14.8 Å². The first-order valence-electron chi connectivity index (χ1n) is 10.9. The lowest BCUT2D eigenvalue weighted by Gasteiger charge is -2.21. The van der Waals surface area contributed by atoms with Crippen LogP contribution in [-0.2, 0) is 16.1 Å². The molecule has 0 radical (unpaired) electrons. The molecule has 0 fully saturated rings. The average molecular weight is 453 g/mol. The molecule has 0 unspecified atom stereocenters. The van der Waals surface area contributed by atoms with E-state index < -0.39 is 5.91 Å². The summed E-state index contributed by atoms with van der Waals surface area (Å²) in [4.78, 5) is 30.2. The van der Waals surface area contributed by atoms with E-state index >= 15 is 0 Å². The molecule has 0 aliphatic rings. The third-order valence-electron chi connectivity index (χ3n) is 5.15. The van der Waals surface area contributed by atoms with Crippen molar-refractivity contribution in [3.63, 3.8) is 0 Å². The summed E-state index contributed by atoms with van der Waals surface area (Å²) in [6.45, 7) is 0.154. The van der Waals surface area contributed by atoms with Gasteiger partial charge in [-0.05, 0) is 37.1 Å². The molecule has 0 saturated carbocycles. The molecule has 0 aliphatic carbocycles. The van der Waals surface area contributed by atoms with E-state index in [9.17, 15) is 9.59 Å². The Morgan fingerprint density at radius 1 is 1.00 bits per heavy atom. The van der Waals surface area contributed by atoms with E-state index in [-0.39, 0.29) is 18.9 Å². The Hall–Kier alpha value is -3.72. The van der Waals surface area contributed by atoms with Gasteiger partial charge in [-0.2, -0.15) is 4.98 Å². The third kappa shape index (κ3) is 7.15. The zero-order valence-corrected chi connectivity index (χ0v) is 18.6. The van der Waals surface area contributed by atoms with Crippen LogP contribution >= 0.6 is 0 Å². The standard InChI is InChI=1S/C24H28N4O5/c1-32-20-15-13-19(14-16-20)28(23(30)12-8-3-2-7-11-21(29)26-31)17-22-25-24(27-33-22)18-9-5-4-6-10-18/h4-6,9-10,13-16,31H,2-3,7-8,11-12,17H2,1H3,(H,26,29). The van der Waals surface area contributed by atoms with Gasteiger partial charge in [0.15, 0.2) is 0 Å². The fraction of sp³-hybridized carbons (Fsp3) is 0.333. The van der Waals surface area contributed by atoms with Crippen molar-refractivity contribution in [2.45, 2.75) is 45.1 Å². The molecule has 3 rings (SSSR count). The third-order valence-corrected chi connectivity index (χ3v) is 5.15. The topological polar surface area (TPSA) is 118 Å². The van der Waals surface area contributed by atoms with E-state index in [2.05, 4.69) is 10.1 Å². The minimum atomic E-state index is -0.397. The largest absolute Gasteiger partial charge is 0.497 e. The van der Waals surface area contributed by atoms with Crippen LogP contribution in [0.15, 0.2) is 59.1 Å². The molecule has 2 N–H and O–H groups in total. The van der Waals surface area contributed by atoms with Crippen molar-refractivity contribution in [1.29, 1.82) is 0 Å². The molecule has 0 saturated heterocycles. The van der Waals surface area contributed by atoms with Crippen LogP contribution in [-0.4, -0.2) is 34.3 Å². The van der Waals surface area contributed by atoms with Crippen LogP contribution < -0.4 is 15.1 Å². The molecule has 1 aromatic heterocycles. The number of anilines is 1. The van der Waals surface area contributed by atoms with Crippen molar-refractivity contribution < 1.29 is 24.1 Å². The van der Waals surface area contributed by atoms with Gasteiger partial charge in [0.05, 0.1) is 7.11 Å². The van der Waals surface area contributed by atoms with Gasteiger partial charge in [0.2, 0.25) is 23.5 Å². The second kappa shape index (κ2) is 12.4. The van der Waals surface area contributed by atoms with Gasteiger partial charge in [0.25, 0.3) is 0 Å². The molecule has 9 nitrogen and oxygen atoms in total. The first kappa shape index (κ1) is 23.9. The van der Waals surface area contributed by atoms with Gasteiger partial charge < -0.3 is 14.2 Å². The Morgan fingerprint density at radius 3 is 2.36 bits per heavy atom. The summed E-state index contributed by atoms with van der Waals surface area (Å²) in [6, 6.07) is 16.7. The minimum absolute atomic E-state index is 0.0623. The number of rotatable bonds is 12. The molecule has 33 heavy (non-hydrogen) atoms. The number of carbonyl (C=O) groups is 2. The van der Waals surface area contributed by atoms with Crippen molar-refractivity contribution in [3.05, 3.63) is 60.5 Å². The second-order valence-corrected chi connectivity index (χ2v) is 7.50. The van der Waals surface area contributed by atoms with E-state index in [0.29, 0.717) is 42.4 Å². The van der Waals surface area contributed by atoms with Gasteiger partial charge in [-0.25, -0.2) is 5.48 Å². The highest BCUT2D eigenvalue weighted by Crippen LogP contribution is 2.23. The molecule has 2 amide bonds. The summed E-state index contributed by atoms with van der Waals surface area (Å²) >= 11 is 0. The van der Waals surface area contributed by atoms with Crippen LogP contribution in [0.1, 0.15) is 44.4 Å². The minimum Gasteiger partial charge on any atom is -0.497 e. The Balaban J connectivity index is 1.64. The summed E-state index contributed by atoms with van der Waals surface area (Å²) in [6.07, 6.45) is 3.56. The highest BCUT2D eigenvalue weighted by atomic mass is 16.5. The lowest BCUT2D eigenvalue weighted by atomic mass is 10.1. The molecule has 174 valence electrons. The van der Waals surface area contributed by atoms with Crippen molar-refractivity contribution in [2.75, 3.05) is 12.0 Å². The summed E-state index contributed by atoms with van der Waals surface area (Å²) in [5, 5.41) is 12.6. The monoisotopic (exact) mass is 452 g/mol. The fourth-order valence-electron chi connectivity index (χ4n) is 3.35. The quantitative estimate of drug-likeness (QED) is 0.241. The maximum absolute atomic E-state index is 13.1. The predicted molar refractivity (Wildman–Crippen MR) is 122 cm³/mol. The second-order valence-electron chi connectivity index (χ2n) is 7.50. The first-order chi connectivity index (χ1) is 16.1. The van der Waals surface area contributed by atoms with E-state index in [0.717, 1.165) is 18.4 Å². The van der Waals surface area contributed by atoms with Gasteiger partial charge in [-0.1, -0.05) is 48.3 Å². The Kier molecular flexibility index (Phi) is 8.96. The van der Waals surface area contributed by atoms with E-state index in [1.54, 1.807) is 29.6 Å². The maximum Gasteiger partial charge on any atom is 0.247 e. The molecule has 9 heteroatoms. The number of methoxy groups -OCH3 is 1. The van der Waals surface area contributed by atoms with Gasteiger partial charge in [0, 0.05) is 24.1 Å². The van der Waals surface area contributed by atoms with Crippen molar-refractivity contribution >= 4 is 17.5 Å². The maximum atomic E-state index is 13.1. The molecule has 0 bridgehead atoms. The van der Waals surface area contributed by atoms with Gasteiger partial charge in [-0.15, -0.1) is 0 Å². The number of benzene rings is 2. The lowest BCUT2D eigenvalue weighted by molar-refractivity contribution is -0.129. The van der Waals surface area contributed by atoms with Crippen molar-refractivity contribution in [2.24, 2.45) is 0 Å². The SMILES string of the molecule is COc1ccc(N(Cc2nc(-c3ccccc3)no2)C(=O)CCCCCCC(=O)NO)cc1. The number of hydroxylamine groups is 1. The molecule has 0 spiro atoms. The molecular formula is C24H28N4O5. The van der Waals surface area contributed by atoms with E-state index in [4.69, 9.17) is 14.5 Å².